The second-order valence-corrected chi connectivity index (χ2v) is 6.66. The number of nitrogens with one attached hydrogen (secondary N) is 2. The SMILES string of the molecule is CCOC(=O)N1CCC(Nc2nncc(Nc3c(C)cccc3C)n2)CC1. The number of aryl methyl sites for hydroxylation is 2. The monoisotopic (exact) mass is 370 g/mol. The molecular weight excluding hydrogens is 344 g/mol. The molecule has 8 heteroatoms. The molecular formula is C19H26N6O2. The zero-order valence-electron chi connectivity index (χ0n) is 16.0. The first-order valence-electron chi connectivity index (χ1n) is 9.28. The van der Waals surface area contributed by atoms with E-state index in [1.54, 1.807) is 11.1 Å². The molecule has 1 aromatic carbocycles. The highest BCUT2D eigenvalue weighted by atomic mass is 16.6. The van der Waals surface area contributed by atoms with Crippen LogP contribution in [-0.2, 0) is 4.74 Å². The molecule has 0 aliphatic carbocycles. The number of rotatable bonds is 5. The van der Waals surface area contributed by atoms with E-state index in [0.29, 0.717) is 31.5 Å². The minimum atomic E-state index is -0.242. The number of aromatic nitrogens is 3. The molecule has 2 heterocycles. The van der Waals surface area contributed by atoms with Crippen LogP contribution in [0.1, 0.15) is 30.9 Å². The van der Waals surface area contributed by atoms with Crippen LogP contribution >= 0.6 is 0 Å². The third kappa shape index (κ3) is 4.84. The van der Waals surface area contributed by atoms with Crippen LogP contribution in [0.4, 0.5) is 22.2 Å². The van der Waals surface area contributed by atoms with E-state index < -0.39 is 0 Å². The summed E-state index contributed by atoms with van der Waals surface area (Å²) in [6, 6.07) is 6.35. The Morgan fingerprint density at radius 2 is 1.96 bits per heavy atom. The average Bonchev–Trinajstić information content (AvgIpc) is 2.66. The number of benzene rings is 1. The van der Waals surface area contributed by atoms with Gasteiger partial charge in [0.15, 0.2) is 5.82 Å². The molecule has 1 amide bonds. The fraction of sp³-hybridized carbons (Fsp3) is 0.474. The molecule has 1 aliphatic heterocycles. The Kier molecular flexibility index (Phi) is 6.05. The Morgan fingerprint density at radius 3 is 2.63 bits per heavy atom. The van der Waals surface area contributed by atoms with Crippen molar-refractivity contribution in [2.45, 2.75) is 39.7 Å². The third-order valence-electron chi connectivity index (χ3n) is 4.65. The van der Waals surface area contributed by atoms with E-state index >= 15 is 0 Å². The highest BCUT2D eigenvalue weighted by Crippen LogP contribution is 2.23. The first kappa shape index (κ1) is 18.9. The van der Waals surface area contributed by atoms with Gasteiger partial charge in [-0.05, 0) is 44.7 Å². The second-order valence-electron chi connectivity index (χ2n) is 6.66. The predicted octanol–water partition coefficient (Wildman–Crippen LogP) is 3.26. The molecule has 2 N–H and O–H groups in total. The van der Waals surface area contributed by atoms with Crippen molar-refractivity contribution < 1.29 is 9.53 Å². The van der Waals surface area contributed by atoms with Crippen LogP contribution in [0, 0.1) is 13.8 Å². The average molecular weight is 370 g/mol. The molecule has 1 aromatic heterocycles. The highest BCUT2D eigenvalue weighted by molar-refractivity contribution is 5.67. The summed E-state index contributed by atoms with van der Waals surface area (Å²) in [4.78, 5) is 18.0. The van der Waals surface area contributed by atoms with Gasteiger partial charge in [0.2, 0.25) is 5.95 Å². The number of amides is 1. The van der Waals surface area contributed by atoms with Crippen molar-refractivity contribution in [1.29, 1.82) is 0 Å². The summed E-state index contributed by atoms with van der Waals surface area (Å²) in [7, 11) is 0. The molecule has 8 nitrogen and oxygen atoms in total. The van der Waals surface area contributed by atoms with E-state index in [9.17, 15) is 4.79 Å². The van der Waals surface area contributed by atoms with Crippen molar-refractivity contribution in [3.05, 3.63) is 35.5 Å². The molecule has 0 atom stereocenters. The van der Waals surface area contributed by atoms with Gasteiger partial charge >= 0.3 is 6.09 Å². The van der Waals surface area contributed by atoms with Crippen molar-refractivity contribution >= 4 is 23.5 Å². The molecule has 3 rings (SSSR count). The van der Waals surface area contributed by atoms with Gasteiger partial charge in [-0.2, -0.15) is 10.1 Å². The molecule has 27 heavy (non-hydrogen) atoms. The fourth-order valence-corrected chi connectivity index (χ4v) is 3.17. The Labute approximate surface area is 159 Å². The number of carbonyl (C=O) groups excluding carboxylic acids is 1. The third-order valence-corrected chi connectivity index (χ3v) is 4.65. The zero-order valence-corrected chi connectivity index (χ0v) is 16.0. The smallest absolute Gasteiger partial charge is 0.409 e. The summed E-state index contributed by atoms with van der Waals surface area (Å²) in [5.41, 5.74) is 3.33. The van der Waals surface area contributed by atoms with Crippen LogP contribution in [0.15, 0.2) is 24.4 Å². The van der Waals surface area contributed by atoms with Gasteiger partial charge in [-0.3, -0.25) is 0 Å². The minimum Gasteiger partial charge on any atom is -0.450 e. The van der Waals surface area contributed by atoms with Crippen LogP contribution in [0.3, 0.4) is 0 Å². The molecule has 0 bridgehead atoms. The molecule has 0 saturated carbocycles. The van der Waals surface area contributed by atoms with Crippen molar-refractivity contribution in [1.82, 2.24) is 20.1 Å². The van der Waals surface area contributed by atoms with Gasteiger partial charge in [-0.25, -0.2) is 4.79 Å². The maximum absolute atomic E-state index is 11.8. The standard InChI is InChI=1S/C19H26N6O2/c1-4-27-19(26)25-10-8-15(9-11-25)21-18-23-16(12-20-24-18)22-17-13(2)6-5-7-14(17)3/h5-7,12,15H,4,8-11H2,1-3H3,(H2,21,22,23,24). The highest BCUT2D eigenvalue weighted by Gasteiger charge is 2.24. The Morgan fingerprint density at radius 1 is 1.26 bits per heavy atom. The van der Waals surface area contributed by atoms with Gasteiger partial charge in [0.25, 0.3) is 0 Å². The number of hydrogen-bond donors (Lipinski definition) is 2. The zero-order chi connectivity index (χ0) is 19.2. The Balaban J connectivity index is 1.59. The van der Waals surface area contributed by atoms with Crippen molar-refractivity contribution in [3.8, 4) is 0 Å². The number of anilines is 3. The van der Waals surface area contributed by atoms with E-state index in [1.165, 1.54) is 0 Å². The summed E-state index contributed by atoms with van der Waals surface area (Å²) < 4.78 is 5.05. The normalized spacial score (nSPS) is 14.7. The second kappa shape index (κ2) is 8.66. The summed E-state index contributed by atoms with van der Waals surface area (Å²) in [6.45, 7) is 7.64. The van der Waals surface area contributed by atoms with Crippen LogP contribution in [0.25, 0.3) is 0 Å². The number of likely N-dealkylation sites (tertiary alicyclic amines) is 1. The number of hydrogen-bond acceptors (Lipinski definition) is 7. The quantitative estimate of drug-likeness (QED) is 0.834. The van der Waals surface area contributed by atoms with E-state index in [0.717, 1.165) is 29.7 Å². The summed E-state index contributed by atoms with van der Waals surface area (Å²) in [5, 5.41) is 14.8. The largest absolute Gasteiger partial charge is 0.450 e. The van der Waals surface area contributed by atoms with E-state index in [4.69, 9.17) is 4.74 Å². The van der Waals surface area contributed by atoms with Gasteiger partial charge in [-0.1, -0.05) is 18.2 Å². The van der Waals surface area contributed by atoms with Gasteiger partial charge in [-0.15, -0.1) is 5.10 Å². The summed E-state index contributed by atoms with van der Waals surface area (Å²) in [6.07, 6.45) is 3.00. The van der Waals surface area contributed by atoms with Crippen LogP contribution in [0.5, 0.6) is 0 Å². The maximum Gasteiger partial charge on any atom is 0.409 e. The number of para-hydroxylation sites is 1. The minimum absolute atomic E-state index is 0.202. The molecule has 1 saturated heterocycles. The molecule has 0 unspecified atom stereocenters. The number of nitrogens with zero attached hydrogens (tertiary/aromatic N) is 4. The predicted molar refractivity (Wildman–Crippen MR) is 104 cm³/mol. The Hall–Kier alpha value is -2.90. The van der Waals surface area contributed by atoms with Crippen LogP contribution in [-0.4, -0.2) is 51.9 Å². The fourth-order valence-electron chi connectivity index (χ4n) is 3.17. The lowest BCUT2D eigenvalue weighted by molar-refractivity contribution is 0.0983. The molecule has 0 radical (unpaired) electrons. The maximum atomic E-state index is 11.8. The first-order chi connectivity index (χ1) is 13.1. The lowest BCUT2D eigenvalue weighted by Gasteiger charge is -2.31. The molecule has 2 aromatic rings. The van der Waals surface area contributed by atoms with E-state index in [2.05, 4.69) is 51.8 Å². The van der Waals surface area contributed by atoms with Gasteiger partial charge in [0.05, 0.1) is 12.8 Å². The summed E-state index contributed by atoms with van der Waals surface area (Å²) in [5.74, 6) is 1.13. The van der Waals surface area contributed by atoms with Crippen LogP contribution in [0.2, 0.25) is 0 Å². The molecule has 1 fully saturated rings. The van der Waals surface area contributed by atoms with Gasteiger partial charge in [0, 0.05) is 24.8 Å². The first-order valence-corrected chi connectivity index (χ1v) is 9.28. The van der Waals surface area contributed by atoms with Crippen molar-refractivity contribution in [3.63, 3.8) is 0 Å². The van der Waals surface area contributed by atoms with Crippen LogP contribution < -0.4 is 10.6 Å². The lowest BCUT2D eigenvalue weighted by Crippen LogP contribution is -2.42. The lowest BCUT2D eigenvalue weighted by atomic mass is 10.1. The molecule has 144 valence electrons. The summed E-state index contributed by atoms with van der Waals surface area (Å²) >= 11 is 0. The number of ether oxygens (including phenoxy) is 1. The molecule has 1 aliphatic rings. The number of carbonyl (C=O) groups is 1. The van der Waals surface area contributed by atoms with E-state index in [1.807, 2.05) is 13.0 Å². The van der Waals surface area contributed by atoms with Gasteiger partial charge in [0.1, 0.15) is 0 Å². The van der Waals surface area contributed by atoms with Crippen molar-refractivity contribution in [2.24, 2.45) is 0 Å². The van der Waals surface area contributed by atoms with Crippen molar-refractivity contribution in [2.75, 3.05) is 30.3 Å². The van der Waals surface area contributed by atoms with Gasteiger partial charge < -0.3 is 20.3 Å². The van der Waals surface area contributed by atoms with E-state index in [-0.39, 0.29) is 12.1 Å². The molecule has 0 spiro atoms. The topological polar surface area (TPSA) is 92.3 Å². The number of piperidine rings is 1. The Bertz CT molecular complexity index is 769.